The van der Waals surface area contributed by atoms with Crippen molar-refractivity contribution in [2.24, 2.45) is 5.92 Å². The average Bonchev–Trinajstić information content (AvgIpc) is 2.71. The van der Waals surface area contributed by atoms with Crippen LogP contribution in [0.3, 0.4) is 0 Å². The zero-order chi connectivity index (χ0) is 22.1. The van der Waals surface area contributed by atoms with Crippen LogP contribution in [0.4, 0.5) is 4.79 Å². The third-order valence-corrected chi connectivity index (χ3v) is 4.24. The van der Waals surface area contributed by atoms with E-state index in [0.29, 0.717) is 42.0 Å². The monoisotopic (exact) mass is 411 g/mol. The molecular formula is C23H29N3O4. The molecule has 0 saturated carbocycles. The molecule has 0 unspecified atom stereocenters. The van der Waals surface area contributed by atoms with Crippen molar-refractivity contribution in [2.45, 2.75) is 33.7 Å². The number of carbonyl (C=O) groups excluding carboxylic acids is 2. The van der Waals surface area contributed by atoms with E-state index in [4.69, 9.17) is 9.47 Å². The second kappa shape index (κ2) is 11.0. The first-order valence-corrected chi connectivity index (χ1v) is 9.85. The van der Waals surface area contributed by atoms with Crippen molar-refractivity contribution in [3.8, 4) is 11.6 Å². The fraction of sp³-hybridized carbons (Fsp3) is 0.348. The van der Waals surface area contributed by atoms with Crippen LogP contribution in [0, 0.1) is 5.92 Å². The van der Waals surface area contributed by atoms with E-state index in [0.717, 1.165) is 12.0 Å². The highest BCUT2D eigenvalue weighted by atomic mass is 16.6. The molecule has 1 aromatic heterocycles. The molecule has 0 atom stereocenters. The highest BCUT2D eigenvalue weighted by Gasteiger charge is 2.16. The molecule has 2 aromatic rings. The molecular weight excluding hydrogens is 382 g/mol. The smallest absolute Gasteiger partial charge is 0.415 e. The lowest BCUT2D eigenvalue weighted by atomic mass is 10.1. The maximum Gasteiger partial charge on any atom is 0.415 e. The normalized spacial score (nSPS) is 10.4. The largest absolute Gasteiger partial charge is 0.439 e. The quantitative estimate of drug-likeness (QED) is 0.602. The van der Waals surface area contributed by atoms with E-state index in [1.807, 2.05) is 24.3 Å². The molecule has 2 rings (SSSR count). The van der Waals surface area contributed by atoms with Gasteiger partial charge in [-0.2, -0.15) is 0 Å². The fourth-order valence-electron chi connectivity index (χ4n) is 2.59. The summed E-state index contributed by atoms with van der Waals surface area (Å²) >= 11 is 0. The molecule has 0 aliphatic carbocycles. The van der Waals surface area contributed by atoms with Crippen molar-refractivity contribution in [1.29, 1.82) is 0 Å². The van der Waals surface area contributed by atoms with Gasteiger partial charge < -0.3 is 19.7 Å². The van der Waals surface area contributed by atoms with Crippen LogP contribution >= 0.6 is 0 Å². The van der Waals surface area contributed by atoms with Crippen molar-refractivity contribution < 1.29 is 19.1 Å². The van der Waals surface area contributed by atoms with Gasteiger partial charge in [0.25, 0.3) is 5.91 Å². The molecule has 0 fully saturated rings. The molecule has 0 spiro atoms. The Hall–Kier alpha value is -3.35. The number of carbonyl (C=O) groups is 2. The molecule has 7 heteroatoms. The lowest BCUT2D eigenvalue weighted by molar-refractivity contribution is 0.0962. The standard InChI is InChI=1S/C23H29N3O4/c1-16(2)12-13-26(23(28)29-17(3)4)15-18-6-9-20(10-7-18)30-21-11-8-19(14-25-21)22(27)24-5/h6-11,14,16H,3,12-13,15H2,1-2,4-5H3,(H,24,27). The lowest BCUT2D eigenvalue weighted by Crippen LogP contribution is -2.32. The number of benzene rings is 1. The summed E-state index contributed by atoms with van der Waals surface area (Å²) in [5, 5.41) is 2.54. The van der Waals surface area contributed by atoms with E-state index in [9.17, 15) is 9.59 Å². The number of hydrogen-bond acceptors (Lipinski definition) is 5. The fourth-order valence-corrected chi connectivity index (χ4v) is 2.59. The highest BCUT2D eigenvalue weighted by molar-refractivity contribution is 5.93. The predicted molar refractivity (Wildman–Crippen MR) is 115 cm³/mol. The number of aromatic nitrogens is 1. The summed E-state index contributed by atoms with van der Waals surface area (Å²) in [7, 11) is 1.57. The Labute approximate surface area is 177 Å². The van der Waals surface area contributed by atoms with E-state index >= 15 is 0 Å². The first kappa shape index (κ1) is 22.9. The molecule has 1 N–H and O–H groups in total. The number of allylic oxidation sites excluding steroid dienone is 1. The summed E-state index contributed by atoms with van der Waals surface area (Å²) in [4.78, 5) is 29.7. The Morgan fingerprint density at radius 1 is 1.17 bits per heavy atom. The van der Waals surface area contributed by atoms with Gasteiger partial charge in [-0.15, -0.1) is 0 Å². The predicted octanol–water partition coefficient (Wildman–Crippen LogP) is 4.75. The van der Waals surface area contributed by atoms with Gasteiger partial charge in [0.1, 0.15) is 5.75 Å². The molecule has 0 aliphatic rings. The van der Waals surface area contributed by atoms with Gasteiger partial charge in [-0.3, -0.25) is 4.79 Å². The molecule has 7 nitrogen and oxygen atoms in total. The van der Waals surface area contributed by atoms with Gasteiger partial charge in [-0.25, -0.2) is 9.78 Å². The van der Waals surface area contributed by atoms with Gasteiger partial charge in [0, 0.05) is 32.4 Å². The molecule has 1 heterocycles. The van der Waals surface area contributed by atoms with Gasteiger partial charge in [-0.1, -0.05) is 32.6 Å². The average molecular weight is 412 g/mol. The van der Waals surface area contributed by atoms with Crippen molar-refractivity contribution >= 4 is 12.0 Å². The summed E-state index contributed by atoms with van der Waals surface area (Å²) < 4.78 is 10.9. The molecule has 0 saturated heterocycles. The molecule has 0 bridgehead atoms. The topological polar surface area (TPSA) is 80.8 Å². The Balaban J connectivity index is 2.02. The summed E-state index contributed by atoms with van der Waals surface area (Å²) in [5.41, 5.74) is 1.41. The Kier molecular flexibility index (Phi) is 8.41. The minimum atomic E-state index is -0.399. The molecule has 1 aromatic carbocycles. The van der Waals surface area contributed by atoms with E-state index in [2.05, 4.69) is 30.7 Å². The van der Waals surface area contributed by atoms with Crippen molar-refractivity contribution in [3.63, 3.8) is 0 Å². The third-order valence-electron chi connectivity index (χ3n) is 4.24. The van der Waals surface area contributed by atoms with Crippen LogP contribution in [0.5, 0.6) is 11.6 Å². The molecule has 160 valence electrons. The van der Waals surface area contributed by atoms with E-state index < -0.39 is 6.09 Å². The number of nitrogens with zero attached hydrogens (tertiary/aromatic N) is 2. The van der Waals surface area contributed by atoms with Crippen LogP contribution < -0.4 is 10.1 Å². The molecule has 0 aliphatic heterocycles. The number of ether oxygens (including phenoxy) is 2. The van der Waals surface area contributed by atoms with Gasteiger partial charge in [0.2, 0.25) is 5.88 Å². The van der Waals surface area contributed by atoms with Crippen LogP contribution in [0.2, 0.25) is 0 Å². The number of nitrogens with one attached hydrogen (secondary N) is 1. The second-order valence-corrected chi connectivity index (χ2v) is 7.38. The minimum absolute atomic E-state index is 0.203. The van der Waals surface area contributed by atoms with Crippen LogP contribution in [-0.4, -0.2) is 35.5 Å². The van der Waals surface area contributed by atoms with Crippen LogP contribution in [0.1, 0.15) is 43.1 Å². The van der Waals surface area contributed by atoms with E-state index in [1.165, 1.54) is 6.20 Å². The van der Waals surface area contributed by atoms with Crippen molar-refractivity contribution in [2.75, 3.05) is 13.6 Å². The lowest BCUT2D eigenvalue weighted by Gasteiger charge is -2.23. The summed E-state index contributed by atoms with van der Waals surface area (Å²) in [6.07, 6.45) is 1.94. The Morgan fingerprint density at radius 3 is 2.40 bits per heavy atom. The third kappa shape index (κ3) is 7.24. The SMILES string of the molecule is C=C(C)OC(=O)N(CCC(C)C)Cc1ccc(Oc2ccc(C(=O)NC)cn2)cc1. The number of amides is 2. The Bertz CT molecular complexity index is 861. The van der Waals surface area contributed by atoms with Crippen molar-refractivity contribution in [3.05, 3.63) is 66.1 Å². The van der Waals surface area contributed by atoms with Crippen molar-refractivity contribution in [1.82, 2.24) is 15.2 Å². The van der Waals surface area contributed by atoms with Crippen LogP contribution in [-0.2, 0) is 11.3 Å². The summed E-state index contributed by atoms with van der Waals surface area (Å²) in [6.45, 7) is 10.5. The number of pyridine rings is 1. The maximum atomic E-state index is 12.4. The van der Waals surface area contributed by atoms with Crippen LogP contribution in [0.25, 0.3) is 0 Å². The van der Waals surface area contributed by atoms with Gasteiger partial charge in [0.05, 0.1) is 11.3 Å². The summed E-state index contributed by atoms with van der Waals surface area (Å²) in [6, 6.07) is 10.7. The van der Waals surface area contributed by atoms with E-state index in [-0.39, 0.29) is 5.91 Å². The summed E-state index contributed by atoms with van der Waals surface area (Å²) in [5.74, 6) is 1.64. The highest BCUT2D eigenvalue weighted by Crippen LogP contribution is 2.21. The number of hydrogen-bond donors (Lipinski definition) is 1. The van der Waals surface area contributed by atoms with Gasteiger partial charge in [-0.05, 0) is 43.0 Å². The van der Waals surface area contributed by atoms with E-state index in [1.54, 1.807) is 31.0 Å². The minimum Gasteiger partial charge on any atom is -0.439 e. The Morgan fingerprint density at radius 2 is 1.87 bits per heavy atom. The molecule has 30 heavy (non-hydrogen) atoms. The zero-order valence-electron chi connectivity index (χ0n) is 18.0. The second-order valence-electron chi connectivity index (χ2n) is 7.38. The molecule has 2 amide bonds. The van der Waals surface area contributed by atoms with Gasteiger partial charge >= 0.3 is 6.09 Å². The van der Waals surface area contributed by atoms with Crippen LogP contribution in [0.15, 0.2) is 54.9 Å². The number of rotatable bonds is 9. The first-order chi connectivity index (χ1) is 14.3. The maximum absolute atomic E-state index is 12.4. The van der Waals surface area contributed by atoms with Gasteiger partial charge in [0.15, 0.2) is 0 Å². The first-order valence-electron chi connectivity index (χ1n) is 9.85. The zero-order valence-corrected chi connectivity index (χ0v) is 18.0. The molecule has 0 radical (unpaired) electrons.